The molecule has 24 heavy (non-hydrogen) atoms. The zero-order valence-electron chi connectivity index (χ0n) is 14.0. The lowest BCUT2D eigenvalue weighted by Gasteiger charge is -2.55. The van der Waals surface area contributed by atoms with Crippen LogP contribution >= 0.6 is 0 Å². The van der Waals surface area contributed by atoms with Crippen molar-refractivity contribution in [3.63, 3.8) is 0 Å². The van der Waals surface area contributed by atoms with E-state index < -0.39 is 11.9 Å². The van der Waals surface area contributed by atoms with Crippen LogP contribution < -0.4 is 11.1 Å². The number of benzene rings is 1. The number of hydrogen-bond donors (Lipinski definition) is 2. The highest BCUT2D eigenvalue weighted by Gasteiger charge is 2.54. The molecule has 0 unspecified atom stereocenters. The van der Waals surface area contributed by atoms with Crippen LogP contribution in [-0.2, 0) is 16.0 Å². The first kappa shape index (κ1) is 15.7. The number of primary amides is 1. The molecule has 0 radical (unpaired) electrons. The third-order valence-corrected chi connectivity index (χ3v) is 6.45. The molecule has 0 aromatic heterocycles. The SMILES string of the molecule is NC(=O)[C@H](Cc1ccccc1)NC(=O)C12CC3CC(CC(C3)C1)C2. The van der Waals surface area contributed by atoms with Crippen molar-refractivity contribution in [2.45, 2.75) is 51.0 Å². The van der Waals surface area contributed by atoms with E-state index in [0.29, 0.717) is 24.2 Å². The van der Waals surface area contributed by atoms with Crippen molar-refractivity contribution in [3.8, 4) is 0 Å². The van der Waals surface area contributed by atoms with Crippen LogP contribution in [0.15, 0.2) is 30.3 Å². The second kappa shape index (κ2) is 5.91. The van der Waals surface area contributed by atoms with Gasteiger partial charge in [0, 0.05) is 11.8 Å². The molecule has 2 amide bonds. The first-order valence-electron chi connectivity index (χ1n) is 9.18. The van der Waals surface area contributed by atoms with Crippen molar-refractivity contribution in [2.24, 2.45) is 28.9 Å². The number of carbonyl (C=O) groups is 2. The van der Waals surface area contributed by atoms with Crippen molar-refractivity contribution in [1.82, 2.24) is 5.32 Å². The van der Waals surface area contributed by atoms with Gasteiger partial charge in [0.15, 0.2) is 0 Å². The molecule has 0 spiro atoms. The maximum atomic E-state index is 13.1. The third-order valence-electron chi connectivity index (χ3n) is 6.45. The molecule has 4 bridgehead atoms. The maximum Gasteiger partial charge on any atom is 0.240 e. The Bertz CT molecular complexity index is 605. The van der Waals surface area contributed by atoms with Gasteiger partial charge in [0.1, 0.15) is 6.04 Å². The van der Waals surface area contributed by atoms with E-state index in [2.05, 4.69) is 5.32 Å². The summed E-state index contributed by atoms with van der Waals surface area (Å²) in [7, 11) is 0. The molecule has 4 nitrogen and oxygen atoms in total. The largest absolute Gasteiger partial charge is 0.368 e. The normalized spacial score (nSPS) is 34.8. The Morgan fingerprint density at radius 1 is 1.04 bits per heavy atom. The summed E-state index contributed by atoms with van der Waals surface area (Å²) in [6.07, 6.45) is 7.38. The van der Waals surface area contributed by atoms with E-state index in [-0.39, 0.29) is 11.3 Å². The second-order valence-corrected chi connectivity index (χ2v) is 8.32. The lowest BCUT2D eigenvalue weighted by atomic mass is 9.49. The van der Waals surface area contributed by atoms with Crippen LogP contribution in [0.4, 0.5) is 0 Å². The van der Waals surface area contributed by atoms with Crippen LogP contribution in [0.2, 0.25) is 0 Å². The van der Waals surface area contributed by atoms with E-state index >= 15 is 0 Å². The molecule has 4 fully saturated rings. The van der Waals surface area contributed by atoms with Crippen LogP contribution in [0.3, 0.4) is 0 Å². The summed E-state index contributed by atoms with van der Waals surface area (Å²) in [5, 5.41) is 3.01. The van der Waals surface area contributed by atoms with Gasteiger partial charge in [-0.05, 0) is 61.8 Å². The number of carbonyl (C=O) groups excluding carboxylic acids is 2. The monoisotopic (exact) mass is 326 g/mol. The minimum absolute atomic E-state index is 0.0707. The van der Waals surface area contributed by atoms with E-state index in [9.17, 15) is 9.59 Å². The Hall–Kier alpha value is -1.84. The quantitative estimate of drug-likeness (QED) is 0.872. The molecular formula is C20H26N2O2. The van der Waals surface area contributed by atoms with Crippen molar-refractivity contribution in [3.05, 3.63) is 35.9 Å². The molecule has 0 saturated heterocycles. The molecule has 0 heterocycles. The lowest BCUT2D eigenvalue weighted by Crippen LogP contribution is -2.57. The number of amides is 2. The van der Waals surface area contributed by atoms with E-state index in [1.165, 1.54) is 19.3 Å². The molecular weight excluding hydrogens is 300 g/mol. The predicted molar refractivity (Wildman–Crippen MR) is 91.9 cm³/mol. The van der Waals surface area contributed by atoms with Gasteiger partial charge >= 0.3 is 0 Å². The second-order valence-electron chi connectivity index (χ2n) is 8.32. The fourth-order valence-corrected chi connectivity index (χ4v) is 5.77. The van der Waals surface area contributed by atoms with E-state index in [4.69, 9.17) is 5.73 Å². The number of hydrogen-bond acceptors (Lipinski definition) is 2. The van der Waals surface area contributed by atoms with Crippen LogP contribution in [0, 0.1) is 23.2 Å². The number of nitrogens with two attached hydrogens (primary N) is 1. The third kappa shape index (κ3) is 2.83. The van der Waals surface area contributed by atoms with Crippen molar-refractivity contribution in [2.75, 3.05) is 0 Å². The van der Waals surface area contributed by atoms with Gasteiger partial charge in [-0.1, -0.05) is 30.3 Å². The first-order chi connectivity index (χ1) is 11.5. The van der Waals surface area contributed by atoms with E-state index in [1.54, 1.807) is 0 Å². The summed E-state index contributed by atoms with van der Waals surface area (Å²) in [5.74, 6) is 1.76. The molecule has 128 valence electrons. The fraction of sp³-hybridized carbons (Fsp3) is 0.600. The highest BCUT2D eigenvalue weighted by molar-refractivity contribution is 5.89. The highest BCUT2D eigenvalue weighted by atomic mass is 16.2. The molecule has 4 saturated carbocycles. The Kier molecular flexibility index (Phi) is 3.86. The lowest BCUT2D eigenvalue weighted by molar-refractivity contribution is -0.148. The first-order valence-corrected chi connectivity index (χ1v) is 9.18. The zero-order valence-corrected chi connectivity index (χ0v) is 14.0. The van der Waals surface area contributed by atoms with Crippen molar-refractivity contribution < 1.29 is 9.59 Å². The fourth-order valence-electron chi connectivity index (χ4n) is 5.77. The van der Waals surface area contributed by atoms with Gasteiger partial charge in [-0.15, -0.1) is 0 Å². The minimum atomic E-state index is -0.618. The summed E-state index contributed by atoms with van der Waals surface area (Å²) in [6.45, 7) is 0. The van der Waals surface area contributed by atoms with Gasteiger partial charge < -0.3 is 11.1 Å². The smallest absolute Gasteiger partial charge is 0.240 e. The minimum Gasteiger partial charge on any atom is -0.368 e. The van der Waals surface area contributed by atoms with Crippen LogP contribution in [-0.4, -0.2) is 17.9 Å². The van der Waals surface area contributed by atoms with Gasteiger partial charge in [0.05, 0.1) is 0 Å². The molecule has 5 rings (SSSR count). The standard InChI is InChI=1S/C20H26N2O2/c21-18(23)17(9-13-4-2-1-3-5-13)22-19(24)20-10-14-6-15(11-20)8-16(7-14)12-20/h1-5,14-17H,6-12H2,(H2,21,23)(H,22,24)/t14?,15?,16?,17-,20?/m0/s1. The van der Waals surface area contributed by atoms with Gasteiger partial charge in [-0.2, -0.15) is 0 Å². The Morgan fingerprint density at radius 3 is 2.08 bits per heavy atom. The summed E-state index contributed by atoms with van der Waals surface area (Å²) in [6, 6.07) is 9.13. The van der Waals surface area contributed by atoms with Crippen molar-refractivity contribution in [1.29, 1.82) is 0 Å². The van der Waals surface area contributed by atoms with Gasteiger partial charge in [0.2, 0.25) is 11.8 Å². The van der Waals surface area contributed by atoms with E-state index in [1.807, 2.05) is 30.3 Å². The molecule has 0 aliphatic heterocycles. The summed E-state index contributed by atoms with van der Waals surface area (Å²) in [5.41, 5.74) is 6.35. The summed E-state index contributed by atoms with van der Waals surface area (Å²) in [4.78, 5) is 25.0. The average molecular weight is 326 g/mol. The summed E-state index contributed by atoms with van der Waals surface area (Å²) < 4.78 is 0. The average Bonchev–Trinajstić information content (AvgIpc) is 2.53. The van der Waals surface area contributed by atoms with Crippen molar-refractivity contribution >= 4 is 11.8 Å². The molecule has 4 heteroatoms. The molecule has 1 aromatic rings. The predicted octanol–water partition coefficient (Wildman–Crippen LogP) is 2.42. The molecule has 1 atom stereocenters. The van der Waals surface area contributed by atoms with Crippen LogP contribution in [0.1, 0.15) is 44.1 Å². The molecule has 4 aliphatic rings. The molecule has 3 N–H and O–H groups in total. The maximum absolute atomic E-state index is 13.1. The zero-order chi connectivity index (χ0) is 16.7. The summed E-state index contributed by atoms with van der Waals surface area (Å²) >= 11 is 0. The van der Waals surface area contributed by atoms with Gasteiger partial charge in [-0.25, -0.2) is 0 Å². The Labute approximate surface area is 143 Å². The molecule has 4 aliphatic carbocycles. The van der Waals surface area contributed by atoms with Crippen LogP contribution in [0.5, 0.6) is 0 Å². The Morgan fingerprint density at radius 2 is 1.58 bits per heavy atom. The number of nitrogens with one attached hydrogen (secondary N) is 1. The van der Waals surface area contributed by atoms with Gasteiger partial charge in [-0.3, -0.25) is 9.59 Å². The topological polar surface area (TPSA) is 72.2 Å². The Balaban J connectivity index is 1.48. The number of rotatable bonds is 5. The van der Waals surface area contributed by atoms with Crippen LogP contribution in [0.25, 0.3) is 0 Å². The highest BCUT2D eigenvalue weighted by Crippen LogP contribution is 2.60. The molecule has 1 aromatic carbocycles. The van der Waals surface area contributed by atoms with Gasteiger partial charge in [0.25, 0.3) is 0 Å². The van der Waals surface area contributed by atoms with E-state index in [0.717, 1.165) is 24.8 Å².